The average Bonchev–Trinajstić information content (AvgIpc) is 2.49. The quantitative estimate of drug-likeness (QED) is 0.655. The van der Waals surface area contributed by atoms with E-state index in [1.165, 1.54) is 47.1 Å². The maximum atomic E-state index is 4.07. The summed E-state index contributed by atoms with van der Waals surface area (Å²) in [6.45, 7) is 4.43. The summed E-state index contributed by atoms with van der Waals surface area (Å²) < 4.78 is 0. The van der Waals surface area contributed by atoms with Crippen molar-refractivity contribution in [1.29, 1.82) is 0 Å². The first-order valence-electron chi connectivity index (χ1n) is 7.74. The summed E-state index contributed by atoms with van der Waals surface area (Å²) in [4.78, 5) is 4.07. The Labute approximate surface area is 123 Å². The summed E-state index contributed by atoms with van der Waals surface area (Å²) in [7, 11) is 1.82. The van der Waals surface area contributed by atoms with Gasteiger partial charge in [0.1, 0.15) is 0 Å². The molecule has 0 spiro atoms. The molecule has 0 aliphatic heterocycles. The summed E-state index contributed by atoms with van der Waals surface area (Å²) in [5.41, 5.74) is 7.23. The molecule has 20 heavy (non-hydrogen) atoms. The van der Waals surface area contributed by atoms with Crippen LogP contribution in [-0.4, -0.2) is 13.3 Å². The monoisotopic (exact) mass is 267 g/mol. The van der Waals surface area contributed by atoms with E-state index in [-0.39, 0.29) is 0 Å². The number of hydrogen-bond donors (Lipinski definition) is 0. The Morgan fingerprint density at radius 1 is 1.25 bits per heavy atom. The van der Waals surface area contributed by atoms with E-state index in [9.17, 15) is 0 Å². The summed E-state index contributed by atoms with van der Waals surface area (Å²) >= 11 is 0. The molecule has 2 rings (SSSR count). The van der Waals surface area contributed by atoms with Crippen LogP contribution in [0.4, 0.5) is 0 Å². The van der Waals surface area contributed by atoms with Crippen molar-refractivity contribution in [3.63, 3.8) is 0 Å². The van der Waals surface area contributed by atoms with Crippen molar-refractivity contribution in [2.75, 3.05) is 7.05 Å². The van der Waals surface area contributed by atoms with Gasteiger partial charge in [-0.1, -0.05) is 32.1 Å². The van der Waals surface area contributed by atoms with Gasteiger partial charge in [0, 0.05) is 13.3 Å². The molecule has 0 heterocycles. The largest absolute Gasteiger partial charge is 0.297 e. The molecule has 0 saturated heterocycles. The molecule has 1 heteroatoms. The first-order chi connectivity index (χ1) is 9.80. The first-order valence-corrected chi connectivity index (χ1v) is 7.74. The molecule has 1 aliphatic rings. The highest BCUT2D eigenvalue weighted by molar-refractivity contribution is 5.85. The zero-order chi connectivity index (χ0) is 14.4. The van der Waals surface area contributed by atoms with E-state index >= 15 is 0 Å². The van der Waals surface area contributed by atoms with Crippen molar-refractivity contribution in [3.05, 3.63) is 47.0 Å². The maximum absolute atomic E-state index is 4.07. The van der Waals surface area contributed by atoms with E-state index in [0.29, 0.717) is 0 Å². The fourth-order valence-electron chi connectivity index (χ4n) is 2.94. The number of rotatable bonds is 4. The van der Waals surface area contributed by atoms with Gasteiger partial charge in [0.05, 0.1) is 0 Å². The Kier molecular flexibility index (Phi) is 5.34. The fraction of sp³-hybridized carbons (Fsp3) is 0.421. The van der Waals surface area contributed by atoms with Gasteiger partial charge in [-0.3, -0.25) is 4.99 Å². The molecular formula is C19H25N. The molecule has 0 saturated carbocycles. The van der Waals surface area contributed by atoms with Gasteiger partial charge < -0.3 is 0 Å². The number of fused-ring (bicyclic) bond motifs is 1. The number of aryl methyl sites for hydroxylation is 1. The molecule has 0 amide bonds. The molecule has 0 radical (unpaired) electrons. The normalized spacial score (nSPS) is 17.8. The highest BCUT2D eigenvalue weighted by Crippen LogP contribution is 2.33. The minimum absolute atomic E-state index is 1.04. The van der Waals surface area contributed by atoms with Gasteiger partial charge in [-0.2, -0.15) is 0 Å². The van der Waals surface area contributed by atoms with Gasteiger partial charge in [-0.15, -0.1) is 0 Å². The number of aliphatic imine (C=N–C) groups is 1. The lowest BCUT2D eigenvalue weighted by Gasteiger charge is -2.20. The molecule has 1 aliphatic carbocycles. The number of nitrogens with zero attached hydrogens (tertiary/aromatic N) is 1. The molecule has 0 unspecified atom stereocenters. The van der Waals surface area contributed by atoms with Crippen LogP contribution in [0.25, 0.3) is 11.1 Å². The van der Waals surface area contributed by atoms with E-state index in [4.69, 9.17) is 0 Å². The Hall–Kier alpha value is -1.63. The molecule has 106 valence electrons. The lowest BCUT2D eigenvalue weighted by Crippen LogP contribution is -2.02. The number of benzene rings is 1. The highest BCUT2D eigenvalue weighted by Gasteiger charge is 2.14. The SMILES string of the molecule is CC/C=C1\CCCc2ccc(/C(=C/C=NC)CC)cc21. The molecule has 0 fully saturated rings. The van der Waals surface area contributed by atoms with Gasteiger partial charge in [0.2, 0.25) is 0 Å². The average molecular weight is 267 g/mol. The van der Waals surface area contributed by atoms with Crippen molar-refractivity contribution < 1.29 is 0 Å². The third-order valence-corrected chi connectivity index (χ3v) is 3.98. The Morgan fingerprint density at radius 2 is 2.10 bits per heavy atom. The Morgan fingerprint density at radius 3 is 2.80 bits per heavy atom. The minimum atomic E-state index is 1.04. The molecular weight excluding hydrogens is 242 g/mol. The summed E-state index contributed by atoms with van der Waals surface area (Å²) in [5.74, 6) is 0. The fourth-order valence-corrected chi connectivity index (χ4v) is 2.94. The van der Waals surface area contributed by atoms with E-state index in [1.807, 2.05) is 13.3 Å². The second-order valence-electron chi connectivity index (χ2n) is 5.32. The smallest absolute Gasteiger partial charge is 0.0277 e. The molecule has 1 nitrogen and oxygen atoms in total. The van der Waals surface area contributed by atoms with Gasteiger partial charge >= 0.3 is 0 Å². The second kappa shape index (κ2) is 7.23. The number of allylic oxidation sites excluding steroid dienone is 4. The standard InChI is InChI=1S/C19H25N/c1-4-7-16-8-6-9-17-10-11-18(14-19(16)17)15(5-2)12-13-20-3/h7,10-14H,4-6,8-9H2,1-3H3/b15-12+,16-7+,20-13?. The molecule has 0 atom stereocenters. The van der Waals surface area contributed by atoms with Crippen LogP contribution in [0.1, 0.15) is 56.2 Å². The van der Waals surface area contributed by atoms with Crippen LogP contribution in [-0.2, 0) is 6.42 Å². The third-order valence-electron chi connectivity index (χ3n) is 3.98. The van der Waals surface area contributed by atoms with Gasteiger partial charge in [-0.25, -0.2) is 0 Å². The van der Waals surface area contributed by atoms with Crippen molar-refractivity contribution in [1.82, 2.24) is 0 Å². The van der Waals surface area contributed by atoms with Crippen LogP contribution in [0.15, 0.2) is 35.3 Å². The highest BCUT2D eigenvalue weighted by atomic mass is 14.6. The van der Waals surface area contributed by atoms with Crippen molar-refractivity contribution in [2.45, 2.75) is 46.0 Å². The van der Waals surface area contributed by atoms with Crippen LogP contribution < -0.4 is 0 Å². The van der Waals surface area contributed by atoms with Crippen molar-refractivity contribution in [2.24, 2.45) is 4.99 Å². The molecule has 0 bridgehead atoms. The Balaban J connectivity index is 2.44. The topological polar surface area (TPSA) is 12.4 Å². The van der Waals surface area contributed by atoms with Crippen LogP contribution in [0, 0.1) is 0 Å². The van der Waals surface area contributed by atoms with Crippen molar-refractivity contribution >= 4 is 17.4 Å². The van der Waals surface area contributed by atoms with Crippen LogP contribution in [0.2, 0.25) is 0 Å². The van der Waals surface area contributed by atoms with Gasteiger partial charge in [-0.05, 0) is 72.1 Å². The van der Waals surface area contributed by atoms with Gasteiger partial charge in [0.15, 0.2) is 0 Å². The lowest BCUT2D eigenvalue weighted by atomic mass is 9.84. The van der Waals surface area contributed by atoms with Crippen molar-refractivity contribution in [3.8, 4) is 0 Å². The minimum Gasteiger partial charge on any atom is -0.297 e. The molecule has 1 aromatic rings. The third kappa shape index (κ3) is 3.27. The molecule has 1 aromatic carbocycles. The first kappa shape index (κ1) is 14.8. The second-order valence-corrected chi connectivity index (χ2v) is 5.32. The Bertz CT molecular complexity index is 547. The summed E-state index contributed by atoms with van der Waals surface area (Å²) in [6, 6.07) is 6.97. The summed E-state index contributed by atoms with van der Waals surface area (Å²) in [6.07, 6.45) is 12.3. The maximum Gasteiger partial charge on any atom is 0.0277 e. The van der Waals surface area contributed by atoms with E-state index < -0.39 is 0 Å². The van der Waals surface area contributed by atoms with Crippen LogP contribution in [0.5, 0.6) is 0 Å². The van der Waals surface area contributed by atoms with E-state index in [1.54, 1.807) is 0 Å². The zero-order valence-corrected chi connectivity index (χ0v) is 12.9. The van der Waals surface area contributed by atoms with Crippen LogP contribution >= 0.6 is 0 Å². The predicted octanol–water partition coefficient (Wildman–Crippen LogP) is 5.31. The molecule has 0 aromatic heterocycles. The lowest BCUT2D eigenvalue weighted by molar-refractivity contribution is 0.819. The number of hydrogen-bond acceptors (Lipinski definition) is 1. The summed E-state index contributed by atoms with van der Waals surface area (Å²) in [5, 5.41) is 0. The van der Waals surface area contributed by atoms with Crippen LogP contribution in [0.3, 0.4) is 0 Å². The zero-order valence-electron chi connectivity index (χ0n) is 12.9. The van der Waals surface area contributed by atoms with E-state index in [2.05, 4.69) is 49.2 Å². The van der Waals surface area contributed by atoms with Gasteiger partial charge in [0.25, 0.3) is 0 Å². The molecule has 0 N–H and O–H groups in total. The predicted molar refractivity (Wildman–Crippen MR) is 90.3 cm³/mol. The van der Waals surface area contributed by atoms with E-state index in [0.717, 1.165) is 12.8 Å².